The standard InChI is InChI=1S/C22H39N5O4/c1-13(2)10-22(12-29,24-8)26-19(30)15(4)25-21(6,11-28)27-16(5)18(27)14(3)9-17(23-7)20(27)31/h11-18,23-25H,9-10H2,1-8H3/p+1. The third-order valence-electron chi connectivity index (χ3n) is 7.34. The van der Waals surface area contributed by atoms with Crippen molar-refractivity contribution < 1.29 is 23.7 Å². The van der Waals surface area contributed by atoms with Crippen molar-refractivity contribution in [2.45, 2.75) is 89.9 Å². The van der Waals surface area contributed by atoms with Gasteiger partial charge in [0.1, 0.15) is 17.7 Å². The molecule has 2 amide bonds. The Morgan fingerprint density at radius 1 is 1.19 bits per heavy atom. The van der Waals surface area contributed by atoms with Crippen LogP contribution in [0.4, 0.5) is 0 Å². The third kappa shape index (κ3) is 4.08. The van der Waals surface area contributed by atoms with Gasteiger partial charge in [-0.1, -0.05) is 20.8 Å². The van der Waals surface area contributed by atoms with Crippen LogP contribution in [0.5, 0.6) is 0 Å². The summed E-state index contributed by atoms with van der Waals surface area (Å²) in [6, 6.07) is -1.12. The number of rotatable bonds is 11. The number of piperidine rings is 1. The quantitative estimate of drug-likeness (QED) is 0.154. The van der Waals surface area contributed by atoms with Gasteiger partial charge in [0, 0.05) is 12.8 Å². The van der Waals surface area contributed by atoms with Crippen molar-refractivity contribution in [1.82, 2.24) is 21.3 Å². The Labute approximate surface area is 185 Å². The van der Waals surface area contributed by atoms with Crippen molar-refractivity contribution in [3.63, 3.8) is 0 Å². The van der Waals surface area contributed by atoms with E-state index < -0.39 is 23.3 Å². The molecule has 0 saturated carbocycles. The number of hydrogen-bond acceptors (Lipinski definition) is 7. The van der Waals surface area contributed by atoms with Crippen molar-refractivity contribution >= 4 is 24.4 Å². The highest BCUT2D eigenvalue weighted by atomic mass is 16.2. The SMILES string of the molecule is CNC1CC(C)C2C(C)[N+]2(C(C)(C=O)NC(C)C(=O)NC(C=O)(CC(C)C)NC)C1=O. The zero-order chi connectivity index (χ0) is 23.8. The number of fused-ring (bicyclic) bond motifs is 1. The van der Waals surface area contributed by atoms with E-state index in [1.54, 1.807) is 27.9 Å². The van der Waals surface area contributed by atoms with Crippen LogP contribution in [-0.2, 0) is 19.2 Å². The first kappa shape index (κ1) is 25.6. The van der Waals surface area contributed by atoms with Gasteiger partial charge in [0.05, 0.1) is 6.04 Å². The molecule has 0 spiro atoms. The average Bonchev–Trinajstić information content (AvgIpc) is 3.37. The summed E-state index contributed by atoms with van der Waals surface area (Å²) in [5.74, 6) is -0.00880. The molecule has 2 aliphatic rings. The number of nitrogens with one attached hydrogen (secondary N) is 4. The molecule has 31 heavy (non-hydrogen) atoms. The smallest absolute Gasteiger partial charge is 0.330 e. The molecule has 0 aromatic rings. The average molecular weight is 439 g/mol. The molecule has 9 nitrogen and oxygen atoms in total. The lowest BCUT2D eigenvalue weighted by Gasteiger charge is -2.42. The van der Waals surface area contributed by atoms with Crippen LogP contribution in [0.1, 0.15) is 54.4 Å². The van der Waals surface area contributed by atoms with E-state index in [1.165, 1.54) is 0 Å². The number of quaternary nitrogens is 1. The van der Waals surface area contributed by atoms with E-state index in [1.807, 2.05) is 20.8 Å². The molecule has 0 aromatic carbocycles. The molecule has 0 bridgehead atoms. The lowest BCUT2D eigenvalue weighted by atomic mass is 9.91. The van der Waals surface area contributed by atoms with E-state index in [-0.39, 0.29) is 40.4 Å². The Morgan fingerprint density at radius 3 is 2.26 bits per heavy atom. The van der Waals surface area contributed by atoms with Gasteiger partial charge in [0.25, 0.3) is 0 Å². The fourth-order valence-electron chi connectivity index (χ4n) is 5.88. The Bertz CT molecular complexity index is 731. The van der Waals surface area contributed by atoms with Crippen LogP contribution in [0.3, 0.4) is 0 Å². The van der Waals surface area contributed by atoms with Gasteiger partial charge in [-0.05, 0) is 46.7 Å². The minimum Gasteiger partial charge on any atom is -0.330 e. The lowest BCUT2D eigenvalue weighted by Crippen LogP contribution is -2.72. The highest BCUT2D eigenvalue weighted by molar-refractivity contribution is 5.86. The third-order valence-corrected chi connectivity index (χ3v) is 7.34. The Balaban J connectivity index is 2.28. The van der Waals surface area contributed by atoms with E-state index in [0.717, 1.165) is 12.7 Å². The summed E-state index contributed by atoms with van der Waals surface area (Å²) in [6.45, 7) is 11.4. The summed E-state index contributed by atoms with van der Waals surface area (Å²) in [7, 11) is 3.38. The summed E-state index contributed by atoms with van der Waals surface area (Å²) in [6.07, 6.45) is 2.62. The highest BCUT2D eigenvalue weighted by Crippen LogP contribution is 2.54. The minimum atomic E-state index is -1.26. The van der Waals surface area contributed by atoms with Gasteiger partial charge in [0.2, 0.25) is 11.6 Å². The molecule has 2 aliphatic heterocycles. The van der Waals surface area contributed by atoms with Crippen LogP contribution in [0.2, 0.25) is 0 Å². The van der Waals surface area contributed by atoms with Gasteiger partial charge >= 0.3 is 5.91 Å². The molecule has 2 fully saturated rings. The maximum absolute atomic E-state index is 13.4. The van der Waals surface area contributed by atoms with Crippen molar-refractivity contribution in [2.75, 3.05) is 14.1 Å². The molecule has 2 saturated heterocycles. The zero-order valence-electron chi connectivity index (χ0n) is 20.1. The van der Waals surface area contributed by atoms with E-state index in [4.69, 9.17) is 0 Å². The minimum absolute atomic E-state index is 0.00234. The fraction of sp³-hybridized carbons (Fsp3) is 0.818. The number of carbonyl (C=O) groups excluding carboxylic acids is 4. The van der Waals surface area contributed by atoms with Gasteiger partial charge < -0.3 is 10.6 Å². The van der Waals surface area contributed by atoms with Gasteiger partial charge in [-0.15, -0.1) is 0 Å². The van der Waals surface area contributed by atoms with Crippen LogP contribution < -0.4 is 21.3 Å². The largest absolute Gasteiger partial charge is 0.333 e. The molecule has 0 aromatic heterocycles. The van der Waals surface area contributed by atoms with Crippen LogP contribution >= 0.6 is 0 Å². The maximum atomic E-state index is 13.4. The molecule has 176 valence electrons. The molecular formula is C22H40N5O4+. The Morgan fingerprint density at radius 2 is 1.81 bits per heavy atom. The number of amides is 2. The second-order valence-electron chi connectivity index (χ2n) is 9.96. The normalized spacial score (nSPS) is 34.8. The van der Waals surface area contributed by atoms with E-state index >= 15 is 0 Å². The topological polar surface area (TPSA) is 116 Å². The number of nitrogens with zero attached hydrogens (tertiary/aromatic N) is 1. The second-order valence-corrected chi connectivity index (χ2v) is 9.96. The summed E-state index contributed by atoms with van der Waals surface area (Å²) in [5, 5.41) is 11.9. The van der Waals surface area contributed by atoms with Crippen molar-refractivity contribution in [3.8, 4) is 0 Å². The number of carbonyl (C=O) groups is 4. The Hall–Kier alpha value is -1.68. The zero-order valence-corrected chi connectivity index (χ0v) is 20.1. The molecule has 0 aliphatic carbocycles. The molecular weight excluding hydrogens is 398 g/mol. The maximum Gasteiger partial charge on any atom is 0.333 e. The molecule has 2 rings (SSSR count). The fourth-order valence-corrected chi connectivity index (χ4v) is 5.88. The van der Waals surface area contributed by atoms with Crippen molar-refractivity contribution in [1.29, 1.82) is 0 Å². The van der Waals surface area contributed by atoms with E-state index in [2.05, 4.69) is 28.2 Å². The van der Waals surface area contributed by atoms with Gasteiger partial charge in [-0.25, -0.2) is 14.6 Å². The van der Waals surface area contributed by atoms with Gasteiger partial charge in [-0.2, -0.15) is 0 Å². The van der Waals surface area contributed by atoms with E-state index in [9.17, 15) is 19.2 Å². The molecule has 0 radical (unpaired) electrons. The predicted molar refractivity (Wildman–Crippen MR) is 118 cm³/mol. The highest BCUT2D eigenvalue weighted by Gasteiger charge is 2.80. The number of aldehydes is 2. The predicted octanol–water partition coefficient (Wildman–Crippen LogP) is -0.102. The van der Waals surface area contributed by atoms with Crippen LogP contribution in [-0.4, -0.2) is 78.5 Å². The van der Waals surface area contributed by atoms with E-state index in [0.29, 0.717) is 12.7 Å². The first-order chi connectivity index (χ1) is 14.4. The first-order valence-electron chi connectivity index (χ1n) is 11.2. The van der Waals surface area contributed by atoms with Crippen LogP contribution in [0, 0.1) is 11.8 Å². The summed E-state index contributed by atoms with van der Waals surface area (Å²) in [4.78, 5) is 50.6. The summed E-state index contributed by atoms with van der Waals surface area (Å²) < 4.78 is -0.00234. The molecule has 8 unspecified atom stereocenters. The Kier molecular flexibility index (Phi) is 7.47. The van der Waals surface area contributed by atoms with Gasteiger partial charge in [0.15, 0.2) is 18.6 Å². The molecule has 4 N–H and O–H groups in total. The van der Waals surface area contributed by atoms with Crippen molar-refractivity contribution in [2.24, 2.45) is 11.8 Å². The van der Waals surface area contributed by atoms with Crippen molar-refractivity contribution in [3.05, 3.63) is 0 Å². The number of likely N-dealkylation sites (N-methyl/N-ethyl adjacent to an activating group) is 2. The summed E-state index contributed by atoms with van der Waals surface area (Å²) >= 11 is 0. The van der Waals surface area contributed by atoms with Crippen LogP contribution in [0.25, 0.3) is 0 Å². The summed E-state index contributed by atoms with van der Waals surface area (Å²) in [5.41, 5.74) is -2.45. The molecule has 8 atom stereocenters. The number of hydrogen-bond donors (Lipinski definition) is 4. The first-order valence-corrected chi connectivity index (χ1v) is 11.2. The second kappa shape index (κ2) is 9.05. The van der Waals surface area contributed by atoms with Crippen LogP contribution in [0.15, 0.2) is 0 Å². The van der Waals surface area contributed by atoms with Gasteiger partial charge in [-0.3, -0.25) is 19.7 Å². The molecule has 2 heterocycles. The monoisotopic (exact) mass is 438 g/mol. The molecule has 9 heteroatoms. The lowest BCUT2D eigenvalue weighted by molar-refractivity contribution is -0.803.